The minimum Gasteiger partial charge on any atom is -0.493 e. The lowest BCUT2D eigenvalue weighted by molar-refractivity contribution is 0.236. The van der Waals surface area contributed by atoms with Crippen LogP contribution in [0, 0.1) is 19.8 Å². The summed E-state index contributed by atoms with van der Waals surface area (Å²) in [6.45, 7) is 10.8. The predicted octanol–water partition coefficient (Wildman–Crippen LogP) is 3.89. The van der Waals surface area contributed by atoms with Gasteiger partial charge in [0, 0.05) is 0 Å². The van der Waals surface area contributed by atoms with Gasteiger partial charge in [0.1, 0.15) is 11.5 Å². The Morgan fingerprint density at radius 2 is 1.88 bits per heavy atom. The third kappa shape index (κ3) is 5.81. The van der Waals surface area contributed by atoms with E-state index in [4.69, 9.17) is 9.15 Å². The molecule has 0 bridgehead atoms. The maximum Gasteiger partial charge on any atom is 0.315 e. The third-order valence-corrected chi connectivity index (χ3v) is 3.78. The minimum atomic E-state index is -0.263. The number of amides is 2. The highest BCUT2D eigenvalue weighted by Crippen LogP contribution is 2.18. The standard InChI is InChI=1S/C19H27N3O3/c1-12(2)11-24-17-8-6-16(7-9-17)14(4)22-19(23)20-10-18-21-13(3)15(5)25-18/h6-9,12,14H,10-11H2,1-5H3,(H2,20,22,23)/t14-/m0/s1. The van der Waals surface area contributed by atoms with Crippen LogP contribution in [0.2, 0.25) is 0 Å². The van der Waals surface area contributed by atoms with E-state index in [1.54, 1.807) is 0 Å². The summed E-state index contributed by atoms with van der Waals surface area (Å²) in [5, 5.41) is 5.65. The van der Waals surface area contributed by atoms with Crippen LogP contribution in [-0.4, -0.2) is 17.6 Å². The topological polar surface area (TPSA) is 76.4 Å². The van der Waals surface area contributed by atoms with Crippen LogP contribution < -0.4 is 15.4 Å². The molecule has 2 N–H and O–H groups in total. The molecule has 0 saturated carbocycles. The summed E-state index contributed by atoms with van der Waals surface area (Å²) >= 11 is 0. The molecule has 0 radical (unpaired) electrons. The summed E-state index contributed by atoms with van der Waals surface area (Å²) in [6, 6.07) is 7.38. The number of ether oxygens (including phenoxy) is 1. The van der Waals surface area contributed by atoms with Gasteiger partial charge >= 0.3 is 6.03 Å². The van der Waals surface area contributed by atoms with E-state index < -0.39 is 0 Å². The Labute approximate surface area is 149 Å². The van der Waals surface area contributed by atoms with Crippen molar-refractivity contribution < 1.29 is 13.9 Å². The van der Waals surface area contributed by atoms with Crippen LogP contribution in [-0.2, 0) is 6.54 Å². The zero-order valence-electron chi connectivity index (χ0n) is 15.6. The van der Waals surface area contributed by atoms with E-state index in [1.807, 2.05) is 45.0 Å². The molecule has 6 heteroatoms. The van der Waals surface area contributed by atoms with Gasteiger partial charge in [-0.1, -0.05) is 26.0 Å². The second-order valence-electron chi connectivity index (χ2n) is 6.57. The molecule has 0 spiro atoms. The zero-order valence-corrected chi connectivity index (χ0v) is 15.6. The SMILES string of the molecule is Cc1nc(CNC(=O)N[C@@H](C)c2ccc(OCC(C)C)cc2)oc1C. The third-order valence-electron chi connectivity index (χ3n) is 3.78. The van der Waals surface area contributed by atoms with Gasteiger partial charge in [0.05, 0.1) is 24.9 Å². The number of hydrogen-bond donors (Lipinski definition) is 2. The van der Waals surface area contributed by atoms with Gasteiger partial charge in [-0.25, -0.2) is 9.78 Å². The Morgan fingerprint density at radius 3 is 2.44 bits per heavy atom. The van der Waals surface area contributed by atoms with Gasteiger partial charge in [0.25, 0.3) is 0 Å². The van der Waals surface area contributed by atoms with Crippen molar-refractivity contribution in [3.63, 3.8) is 0 Å². The molecule has 0 aliphatic carbocycles. The van der Waals surface area contributed by atoms with E-state index in [9.17, 15) is 4.79 Å². The summed E-state index contributed by atoms with van der Waals surface area (Å²) in [4.78, 5) is 16.3. The number of aromatic nitrogens is 1. The first-order chi connectivity index (χ1) is 11.8. The summed E-state index contributed by atoms with van der Waals surface area (Å²) in [5.74, 6) is 2.60. The number of oxazole rings is 1. The van der Waals surface area contributed by atoms with Gasteiger partial charge in [-0.05, 0) is 44.4 Å². The van der Waals surface area contributed by atoms with Crippen molar-refractivity contribution >= 4 is 6.03 Å². The Morgan fingerprint density at radius 1 is 1.20 bits per heavy atom. The molecule has 2 rings (SSSR count). The van der Waals surface area contributed by atoms with Crippen molar-refractivity contribution in [1.82, 2.24) is 15.6 Å². The molecule has 6 nitrogen and oxygen atoms in total. The van der Waals surface area contributed by atoms with Crippen molar-refractivity contribution in [1.29, 1.82) is 0 Å². The number of urea groups is 1. The van der Waals surface area contributed by atoms with Gasteiger partial charge in [-0.15, -0.1) is 0 Å². The Bertz CT molecular complexity index is 673. The quantitative estimate of drug-likeness (QED) is 0.798. The zero-order chi connectivity index (χ0) is 18.4. The maximum atomic E-state index is 12.0. The summed E-state index contributed by atoms with van der Waals surface area (Å²) in [5.41, 5.74) is 1.85. The maximum absolute atomic E-state index is 12.0. The highest BCUT2D eigenvalue weighted by molar-refractivity contribution is 5.74. The first-order valence-electron chi connectivity index (χ1n) is 8.55. The number of rotatable bonds is 7. The van der Waals surface area contributed by atoms with Crippen LogP contribution in [0.25, 0.3) is 0 Å². The van der Waals surface area contributed by atoms with Crippen LogP contribution in [0.3, 0.4) is 0 Å². The Balaban J connectivity index is 1.81. The average Bonchev–Trinajstić information content (AvgIpc) is 2.89. The summed E-state index contributed by atoms with van der Waals surface area (Å²) < 4.78 is 11.1. The fraction of sp³-hybridized carbons (Fsp3) is 0.474. The van der Waals surface area contributed by atoms with E-state index in [1.165, 1.54) is 0 Å². The normalized spacial score (nSPS) is 12.1. The molecule has 1 atom stereocenters. The lowest BCUT2D eigenvalue weighted by atomic mass is 10.1. The largest absolute Gasteiger partial charge is 0.493 e. The summed E-state index contributed by atoms with van der Waals surface area (Å²) in [7, 11) is 0. The van der Waals surface area contributed by atoms with Crippen molar-refractivity contribution in [2.45, 2.75) is 47.2 Å². The van der Waals surface area contributed by atoms with Gasteiger partial charge in [-0.3, -0.25) is 0 Å². The lowest BCUT2D eigenvalue weighted by Gasteiger charge is -2.15. The van der Waals surface area contributed by atoms with E-state index in [-0.39, 0.29) is 18.6 Å². The first-order valence-corrected chi connectivity index (χ1v) is 8.55. The molecule has 136 valence electrons. The van der Waals surface area contributed by atoms with E-state index in [2.05, 4.69) is 29.5 Å². The Kier molecular flexibility index (Phi) is 6.44. The molecule has 0 fully saturated rings. The van der Waals surface area contributed by atoms with Crippen LogP contribution in [0.4, 0.5) is 4.79 Å². The molecular weight excluding hydrogens is 318 g/mol. The average molecular weight is 345 g/mol. The van der Waals surface area contributed by atoms with Crippen molar-refractivity contribution in [3.05, 3.63) is 47.2 Å². The highest BCUT2D eigenvalue weighted by Gasteiger charge is 2.11. The van der Waals surface area contributed by atoms with Gasteiger partial charge in [-0.2, -0.15) is 0 Å². The first kappa shape index (κ1) is 18.8. The molecular formula is C19H27N3O3. The van der Waals surface area contributed by atoms with Crippen LogP contribution in [0.5, 0.6) is 5.75 Å². The molecule has 2 aromatic rings. The minimum absolute atomic E-state index is 0.118. The van der Waals surface area contributed by atoms with Gasteiger partial charge < -0.3 is 19.8 Å². The predicted molar refractivity (Wildman–Crippen MR) is 96.5 cm³/mol. The number of nitrogens with one attached hydrogen (secondary N) is 2. The van der Waals surface area contributed by atoms with Crippen molar-refractivity contribution in [2.24, 2.45) is 5.92 Å². The summed E-state index contributed by atoms with van der Waals surface area (Å²) in [6.07, 6.45) is 0. The number of hydrogen-bond acceptors (Lipinski definition) is 4. The molecule has 0 aliphatic rings. The second kappa shape index (κ2) is 8.55. The monoisotopic (exact) mass is 345 g/mol. The van der Waals surface area contributed by atoms with Gasteiger partial charge in [0.15, 0.2) is 0 Å². The molecule has 1 aromatic heterocycles. The van der Waals surface area contributed by atoms with Crippen LogP contribution in [0.1, 0.15) is 49.7 Å². The molecule has 1 aromatic carbocycles. The fourth-order valence-electron chi connectivity index (χ4n) is 2.22. The molecule has 0 aliphatic heterocycles. The van der Waals surface area contributed by atoms with Crippen molar-refractivity contribution in [2.75, 3.05) is 6.61 Å². The van der Waals surface area contributed by atoms with Gasteiger partial charge in [0.2, 0.25) is 5.89 Å². The fourth-order valence-corrected chi connectivity index (χ4v) is 2.22. The number of aryl methyl sites for hydroxylation is 2. The number of carbonyl (C=O) groups is 1. The van der Waals surface area contributed by atoms with Crippen LogP contribution in [0.15, 0.2) is 28.7 Å². The Hall–Kier alpha value is -2.50. The van der Waals surface area contributed by atoms with E-state index in [0.717, 1.165) is 22.8 Å². The van der Waals surface area contributed by atoms with Crippen LogP contribution >= 0.6 is 0 Å². The lowest BCUT2D eigenvalue weighted by Crippen LogP contribution is -2.36. The van der Waals surface area contributed by atoms with E-state index in [0.29, 0.717) is 18.4 Å². The number of benzene rings is 1. The number of carbonyl (C=O) groups excluding carboxylic acids is 1. The molecule has 25 heavy (non-hydrogen) atoms. The smallest absolute Gasteiger partial charge is 0.315 e. The van der Waals surface area contributed by atoms with E-state index >= 15 is 0 Å². The molecule has 0 unspecified atom stereocenters. The molecule has 1 heterocycles. The number of nitrogens with zero attached hydrogens (tertiary/aromatic N) is 1. The second-order valence-corrected chi connectivity index (χ2v) is 6.57. The molecule has 0 saturated heterocycles. The van der Waals surface area contributed by atoms with Crippen molar-refractivity contribution in [3.8, 4) is 5.75 Å². The molecule has 2 amide bonds. The highest BCUT2D eigenvalue weighted by atomic mass is 16.5.